The molecular formula is C6H16AgN2. The average molecular weight is 224 g/mol. The summed E-state index contributed by atoms with van der Waals surface area (Å²) in [6.45, 7) is 7.69. The second kappa shape index (κ2) is 3.17. The van der Waals surface area contributed by atoms with Crippen LogP contribution in [0.2, 0.25) is 0 Å². The Balaban J connectivity index is 0. The summed E-state index contributed by atoms with van der Waals surface area (Å²) in [6, 6.07) is 0. The Labute approximate surface area is 72.9 Å². The van der Waals surface area contributed by atoms with E-state index in [0.29, 0.717) is 0 Å². The number of hydrogen-bond donors (Lipinski definition) is 2. The minimum Gasteiger partial charge on any atom is -0.324 e. The van der Waals surface area contributed by atoms with Gasteiger partial charge in [0.05, 0.1) is 0 Å². The van der Waals surface area contributed by atoms with E-state index in [-0.39, 0.29) is 33.5 Å². The van der Waals surface area contributed by atoms with Crippen LogP contribution in [0.4, 0.5) is 0 Å². The van der Waals surface area contributed by atoms with Gasteiger partial charge < -0.3 is 11.5 Å². The summed E-state index contributed by atoms with van der Waals surface area (Å²) in [5, 5.41) is 0. The van der Waals surface area contributed by atoms with Crippen LogP contribution in [0.25, 0.3) is 0 Å². The van der Waals surface area contributed by atoms with Gasteiger partial charge in [-0.05, 0) is 27.7 Å². The van der Waals surface area contributed by atoms with Gasteiger partial charge in [0.25, 0.3) is 0 Å². The van der Waals surface area contributed by atoms with Crippen LogP contribution in [0.5, 0.6) is 0 Å². The van der Waals surface area contributed by atoms with Crippen LogP contribution in [0, 0.1) is 0 Å². The number of nitrogens with two attached hydrogens (primary N) is 2. The van der Waals surface area contributed by atoms with E-state index >= 15 is 0 Å². The van der Waals surface area contributed by atoms with Gasteiger partial charge in [-0.25, -0.2) is 0 Å². The Bertz CT molecular complexity index is 66.0. The maximum Gasteiger partial charge on any atom is 0.0274 e. The van der Waals surface area contributed by atoms with Crippen LogP contribution in [0.1, 0.15) is 27.7 Å². The normalized spacial score (nSPS) is 12.7. The van der Waals surface area contributed by atoms with Gasteiger partial charge in [-0.15, -0.1) is 0 Å². The summed E-state index contributed by atoms with van der Waals surface area (Å²) in [5.74, 6) is 0. The van der Waals surface area contributed by atoms with Crippen LogP contribution >= 0.6 is 0 Å². The standard InChI is InChI=1S/C6H16N2.Ag/c1-5(2,7)6(3,4)8;/h7-8H2,1-4H3;. The zero-order valence-corrected chi connectivity index (χ0v) is 7.94. The van der Waals surface area contributed by atoms with Crippen LogP contribution in [-0.2, 0) is 22.4 Å². The molecule has 0 unspecified atom stereocenters. The Morgan fingerprint density at radius 1 is 0.778 bits per heavy atom. The third-order valence-electron chi connectivity index (χ3n) is 1.66. The van der Waals surface area contributed by atoms with E-state index < -0.39 is 0 Å². The summed E-state index contributed by atoms with van der Waals surface area (Å²) < 4.78 is 0. The van der Waals surface area contributed by atoms with E-state index in [1.165, 1.54) is 0 Å². The first-order valence-electron chi connectivity index (χ1n) is 2.83. The van der Waals surface area contributed by atoms with Gasteiger partial charge in [0.2, 0.25) is 0 Å². The SMILES string of the molecule is CC(C)(N)C(C)(C)N.[Ag]. The Hall–Kier alpha value is 0.660. The summed E-state index contributed by atoms with van der Waals surface area (Å²) in [5.41, 5.74) is 10.8. The fourth-order valence-corrected chi connectivity index (χ4v) is 0. The van der Waals surface area contributed by atoms with Crippen molar-refractivity contribution in [3.05, 3.63) is 0 Å². The monoisotopic (exact) mass is 223 g/mol. The molecule has 0 aliphatic rings. The molecule has 0 saturated heterocycles. The summed E-state index contributed by atoms with van der Waals surface area (Å²) in [7, 11) is 0. The van der Waals surface area contributed by atoms with E-state index in [4.69, 9.17) is 11.5 Å². The van der Waals surface area contributed by atoms with E-state index in [2.05, 4.69) is 0 Å². The molecule has 0 aromatic rings. The van der Waals surface area contributed by atoms with Crippen molar-refractivity contribution in [3.63, 3.8) is 0 Å². The number of rotatable bonds is 1. The van der Waals surface area contributed by atoms with Crippen molar-refractivity contribution in [2.45, 2.75) is 38.8 Å². The molecule has 0 rings (SSSR count). The van der Waals surface area contributed by atoms with Crippen molar-refractivity contribution < 1.29 is 22.4 Å². The summed E-state index contributed by atoms with van der Waals surface area (Å²) in [6.07, 6.45) is 0. The minimum atomic E-state index is -0.285. The Morgan fingerprint density at radius 3 is 0.889 bits per heavy atom. The van der Waals surface area contributed by atoms with Crippen molar-refractivity contribution >= 4 is 0 Å². The molecule has 1 radical (unpaired) electrons. The van der Waals surface area contributed by atoms with Crippen molar-refractivity contribution in [1.29, 1.82) is 0 Å². The molecule has 0 spiro atoms. The van der Waals surface area contributed by atoms with Crippen molar-refractivity contribution in [1.82, 2.24) is 0 Å². The third-order valence-corrected chi connectivity index (χ3v) is 1.66. The van der Waals surface area contributed by atoms with Gasteiger partial charge in [-0.3, -0.25) is 0 Å². The molecular weight excluding hydrogens is 208 g/mol. The smallest absolute Gasteiger partial charge is 0.0274 e. The predicted molar refractivity (Wildman–Crippen MR) is 36.5 cm³/mol. The molecule has 3 heteroatoms. The van der Waals surface area contributed by atoms with Crippen LogP contribution in [0.15, 0.2) is 0 Å². The molecule has 61 valence electrons. The molecule has 0 aromatic heterocycles. The fourth-order valence-electron chi connectivity index (χ4n) is 0. The second-order valence-corrected chi connectivity index (χ2v) is 3.44. The Kier molecular flexibility index (Phi) is 4.35. The second-order valence-electron chi connectivity index (χ2n) is 3.44. The molecule has 0 aliphatic heterocycles. The first kappa shape index (κ1) is 12.3. The quantitative estimate of drug-likeness (QED) is 0.635. The summed E-state index contributed by atoms with van der Waals surface area (Å²) >= 11 is 0. The molecule has 0 fully saturated rings. The van der Waals surface area contributed by atoms with Crippen molar-refractivity contribution in [2.24, 2.45) is 11.5 Å². The fraction of sp³-hybridized carbons (Fsp3) is 1.00. The first-order valence-corrected chi connectivity index (χ1v) is 2.83. The van der Waals surface area contributed by atoms with Crippen molar-refractivity contribution in [2.75, 3.05) is 0 Å². The molecule has 0 amide bonds. The maximum absolute atomic E-state index is 5.69. The number of hydrogen-bond acceptors (Lipinski definition) is 2. The zero-order valence-electron chi connectivity index (χ0n) is 6.46. The molecule has 0 heterocycles. The topological polar surface area (TPSA) is 52.0 Å². The van der Waals surface area contributed by atoms with Gasteiger partial charge in [0.1, 0.15) is 0 Å². The van der Waals surface area contributed by atoms with Gasteiger partial charge in [-0.1, -0.05) is 0 Å². The van der Waals surface area contributed by atoms with E-state index in [1.807, 2.05) is 27.7 Å². The van der Waals surface area contributed by atoms with Crippen LogP contribution < -0.4 is 11.5 Å². The molecule has 4 N–H and O–H groups in total. The third kappa shape index (κ3) is 4.12. The van der Waals surface area contributed by atoms with E-state index in [9.17, 15) is 0 Å². The predicted octanol–water partition coefficient (Wildman–Crippen LogP) is 0.459. The molecule has 0 atom stereocenters. The summed E-state index contributed by atoms with van der Waals surface area (Å²) in [4.78, 5) is 0. The van der Waals surface area contributed by atoms with Gasteiger partial charge in [0.15, 0.2) is 0 Å². The molecule has 2 nitrogen and oxygen atoms in total. The van der Waals surface area contributed by atoms with Gasteiger partial charge in [-0.2, -0.15) is 0 Å². The molecule has 0 saturated carbocycles. The van der Waals surface area contributed by atoms with Crippen LogP contribution in [-0.4, -0.2) is 11.1 Å². The Morgan fingerprint density at radius 2 is 0.889 bits per heavy atom. The molecule has 0 bridgehead atoms. The van der Waals surface area contributed by atoms with Crippen molar-refractivity contribution in [3.8, 4) is 0 Å². The minimum absolute atomic E-state index is 0. The average Bonchev–Trinajstić information content (AvgIpc) is 1.25. The molecule has 0 aromatic carbocycles. The van der Waals surface area contributed by atoms with Gasteiger partial charge >= 0.3 is 0 Å². The zero-order chi connectivity index (χ0) is 7.00. The van der Waals surface area contributed by atoms with Gasteiger partial charge in [0, 0.05) is 33.5 Å². The molecule has 9 heavy (non-hydrogen) atoms. The van der Waals surface area contributed by atoms with E-state index in [0.717, 1.165) is 0 Å². The largest absolute Gasteiger partial charge is 0.324 e. The maximum atomic E-state index is 5.69. The van der Waals surface area contributed by atoms with Crippen LogP contribution in [0.3, 0.4) is 0 Å². The molecule has 0 aliphatic carbocycles. The first-order chi connectivity index (χ1) is 3.25. The van der Waals surface area contributed by atoms with E-state index in [1.54, 1.807) is 0 Å².